The molecule has 1 fully saturated rings. The highest BCUT2D eigenvalue weighted by atomic mass is 16.6. The number of benzene rings is 2. The number of carbonyl (C=O) groups is 2. The summed E-state index contributed by atoms with van der Waals surface area (Å²) in [7, 11) is 1.59. The molecule has 0 radical (unpaired) electrons. The Balaban J connectivity index is 1.83. The molecule has 1 aliphatic carbocycles. The molecule has 0 spiro atoms. The van der Waals surface area contributed by atoms with Crippen molar-refractivity contribution in [1.29, 1.82) is 0 Å². The fourth-order valence-electron chi connectivity index (χ4n) is 5.43. The number of hydrogen-bond acceptors (Lipinski definition) is 7. The van der Waals surface area contributed by atoms with Crippen LogP contribution in [0.15, 0.2) is 56.8 Å². The number of carbonyl (C=O) groups excluding carboxylic acids is 2. The van der Waals surface area contributed by atoms with Crippen molar-refractivity contribution < 1.29 is 14.3 Å². The maximum atomic E-state index is 14.2. The van der Waals surface area contributed by atoms with Crippen molar-refractivity contribution in [2.24, 2.45) is 7.05 Å². The summed E-state index contributed by atoms with van der Waals surface area (Å²) in [6, 6.07) is 11.8. The molecular weight excluding hydrogens is 562 g/mol. The fourth-order valence-corrected chi connectivity index (χ4v) is 5.43. The molecule has 2 aromatic heterocycles. The Labute approximate surface area is 254 Å². The van der Waals surface area contributed by atoms with Crippen LogP contribution >= 0.6 is 0 Å². The lowest BCUT2D eigenvalue weighted by Crippen LogP contribution is -2.41. The summed E-state index contributed by atoms with van der Waals surface area (Å²) < 4.78 is 9.42. The zero-order chi connectivity index (χ0) is 32.2. The summed E-state index contributed by atoms with van der Waals surface area (Å²) in [6.45, 7) is 11.8. The van der Waals surface area contributed by atoms with Crippen LogP contribution < -0.4 is 27.0 Å². The normalized spacial score (nSPS) is 13.2. The van der Waals surface area contributed by atoms with Gasteiger partial charge in [-0.1, -0.05) is 23.8 Å². The van der Waals surface area contributed by atoms with Gasteiger partial charge in [0.2, 0.25) is 5.91 Å². The van der Waals surface area contributed by atoms with Gasteiger partial charge in [-0.2, -0.15) is 0 Å². The minimum atomic E-state index is -0.868. The van der Waals surface area contributed by atoms with Gasteiger partial charge in [0, 0.05) is 31.3 Å². The number of nitrogens with one attached hydrogen (secondary N) is 1. The number of aromatic nitrogens is 3. The van der Waals surface area contributed by atoms with Gasteiger partial charge in [0.25, 0.3) is 11.1 Å². The van der Waals surface area contributed by atoms with Crippen molar-refractivity contribution in [3.8, 4) is 5.69 Å². The van der Waals surface area contributed by atoms with Crippen LogP contribution in [0.1, 0.15) is 63.3 Å². The summed E-state index contributed by atoms with van der Waals surface area (Å²) >= 11 is 0. The van der Waals surface area contributed by atoms with Crippen LogP contribution in [0.5, 0.6) is 0 Å². The van der Waals surface area contributed by atoms with Gasteiger partial charge in [0.1, 0.15) is 16.8 Å². The third kappa shape index (κ3) is 5.45. The highest BCUT2D eigenvalue weighted by molar-refractivity contribution is 6.11. The summed E-state index contributed by atoms with van der Waals surface area (Å²) in [5, 5.41) is 3.48. The lowest BCUT2D eigenvalue weighted by Gasteiger charge is -2.26. The highest BCUT2D eigenvalue weighted by Gasteiger charge is 2.32. The molecule has 1 aliphatic rings. The fraction of sp³-hybridized carbons (Fsp3) is 0.364. The van der Waals surface area contributed by atoms with Gasteiger partial charge in [-0.25, -0.2) is 14.5 Å². The molecule has 4 aromatic rings. The summed E-state index contributed by atoms with van der Waals surface area (Å²) in [4.78, 5) is 68.5. The van der Waals surface area contributed by atoms with Crippen molar-refractivity contribution in [3.05, 3.63) is 90.3 Å². The zero-order valence-corrected chi connectivity index (χ0v) is 26.3. The molecule has 11 nitrogen and oxygen atoms in total. The first kappa shape index (κ1) is 30.5. The molecule has 230 valence electrons. The average molecular weight is 600 g/mol. The zero-order valence-electron chi connectivity index (χ0n) is 26.3. The number of hydrogen-bond donors (Lipinski definition) is 1. The van der Waals surface area contributed by atoms with Gasteiger partial charge in [0.05, 0.1) is 16.9 Å². The van der Waals surface area contributed by atoms with Gasteiger partial charge in [-0.05, 0) is 84.2 Å². The lowest BCUT2D eigenvalue weighted by molar-refractivity contribution is -0.116. The van der Waals surface area contributed by atoms with E-state index in [-0.39, 0.29) is 39.7 Å². The van der Waals surface area contributed by atoms with Crippen molar-refractivity contribution in [3.63, 3.8) is 0 Å². The van der Waals surface area contributed by atoms with Crippen LogP contribution in [0.25, 0.3) is 16.6 Å². The van der Waals surface area contributed by atoms with Crippen LogP contribution in [-0.4, -0.2) is 31.3 Å². The predicted octanol–water partition coefficient (Wildman–Crippen LogP) is 5.14. The number of pyridine rings is 1. The SMILES string of the molecule is CC(=O)N(C(=O)OC(C)(C)C)c1cccc(-n2c(=O)n(C3CC3)c(=O)c3c(Nc4ccc(C)cc4C)n(C)c(=O)c(C)c32)c1. The smallest absolute Gasteiger partial charge is 0.421 e. The van der Waals surface area contributed by atoms with E-state index in [1.807, 2.05) is 32.0 Å². The van der Waals surface area contributed by atoms with Crippen molar-refractivity contribution in [2.75, 3.05) is 10.2 Å². The van der Waals surface area contributed by atoms with Crippen LogP contribution in [0.4, 0.5) is 22.0 Å². The van der Waals surface area contributed by atoms with E-state index < -0.39 is 34.4 Å². The molecule has 5 rings (SSSR count). The van der Waals surface area contributed by atoms with E-state index in [9.17, 15) is 24.0 Å². The maximum absolute atomic E-state index is 14.2. The van der Waals surface area contributed by atoms with E-state index in [0.717, 1.165) is 16.0 Å². The average Bonchev–Trinajstić information content (AvgIpc) is 3.75. The van der Waals surface area contributed by atoms with Crippen molar-refractivity contribution >= 4 is 40.1 Å². The number of anilines is 3. The van der Waals surface area contributed by atoms with E-state index in [0.29, 0.717) is 18.5 Å². The third-order valence-corrected chi connectivity index (χ3v) is 7.63. The molecule has 2 aromatic carbocycles. The minimum absolute atomic E-state index is 0.149. The first-order chi connectivity index (χ1) is 20.6. The first-order valence-electron chi connectivity index (χ1n) is 14.5. The van der Waals surface area contributed by atoms with Gasteiger partial charge in [-0.3, -0.25) is 28.1 Å². The Bertz CT molecular complexity index is 2020. The van der Waals surface area contributed by atoms with Crippen LogP contribution in [-0.2, 0) is 16.6 Å². The molecule has 1 saturated carbocycles. The van der Waals surface area contributed by atoms with Gasteiger partial charge < -0.3 is 10.1 Å². The second-order valence-corrected chi connectivity index (χ2v) is 12.4. The quantitative estimate of drug-likeness (QED) is 0.337. The monoisotopic (exact) mass is 599 g/mol. The third-order valence-electron chi connectivity index (χ3n) is 7.63. The number of rotatable bonds is 5. The predicted molar refractivity (Wildman–Crippen MR) is 171 cm³/mol. The number of aryl methyl sites for hydroxylation is 3. The maximum Gasteiger partial charge on any atom is 0.421 e. The highest BCUT2D eigenvalue weighted by Crippen LogP contribution is 2.34. The Morgan fingerprint density at radius 3 is 2.25 bits per heavy atom. The Morgan fingerprint density at radius 1 is 0.977 bits per heavy atom. The second kappa shape index (κ2) is 11.0. The molecule has 1 N–H and O–H groups in total. The van der Waals surface area contributed by atoms with E-state index in [2.05, 4.69) is 5.32 Å². The second-order valence-electron chi connectivity index (χ2n) is 12.4. The molecule has 2 heterocycles. The molecule has 0 saturated heterocycles. The molecule has 0 aliphatic heterocycles. The summed E-state index contributed by atoms with van der Waals surface area (Å²) in [6.07, 6.45) is 0.469. The van der Waals surface area contributed by atoms with Gasteiger partial charge >= 0.3 is 11.8 Å². The topological polar surface area (TPSA) is 125 Å². The van der Waals surface area contributed by atoms with Crippen LogP contribution in [0.3, 0.4) is 0 Å². The molecule has 0 unspecified atom stereocenters. The molecular formula is C33H37N5O6. The largest absolute Gasteiger partial charge is 0.443 e. The minimum Gasteiger partial charge on any atom is -0.443 e. The van der Waals surface area contributed by atoms with Crippen molar-refractivity contribution in [2.45, 2.75) is 73.0 Å². The van der Waals surface area contributed by atoms with E-state index in [4.69, 9.17) is 4.74 Å². The van der Waals surface area contributed by atoms with Crippen molar-refractivity contribution in [1.82, 2.24) is 13.7 Å². The number of amides is 2. The van der Waals surface area contributed by atoms with E-state index in [1.165, 1.54) is 26.7 Å². The van der Waals surface area contributed by atoms with Crippen LogP contribution in [0, 0.1) is 20.8 Å². The lowest BCUT2D eigenvalue weighted by atomic mass is 10.1. The number of fused-ring (bicyclic) bond motifs is 1. The van der Waals surface area contributed by atoms with E-state index in [1.54, 1.807) is 52.9 Å². The molecule has 44 heavy (non-hydrogen) atoms. The molecule has 11 heteroatoms. The molecule has 2 amide bonds. The van der Waals surface area contributed by atoms with Gasteiger partial charge in [0.15, 0.2) is 0 Å². The summed E-state index contributed by atoms with van der Waals surface area (Å²) in [5.74, 6) is -0.326. The number of ether oxygens (including phenoxy) is 1. The Morgan fingerprint density at radius 2 is 1.66 bits per heavy atom. The first-order valence-corrected chi connectivity index (χ1v) is 14.5. The summed E-state index contributed by atoms with van der Waals surface area (Å²) in [5.41, 5.74) is 1.13. The Hall–Kier alpha value is -4.93. The Kier molecular flexibility index (Phi) is 7.61. The van der Waals surface area contributed by atoms with E-state index >= 15 is 0 Å². The number of nitrogens with zero attached hydrogens (tertiary/aromatic N) is 4. The van der Waals surface area contributed by atoms with Gasteiger partial charge in [-0.15, -0.1) is 0 Å². The standard InChI is InChI=1S/C33H37N5O6/c1-18-12-15-25(19(2)16-18)34-28-26-27(20(3)29(40)35(28)8)37(31(42)38(30(26)41)22-13-14-22)24-11-9-10-23(17-24)36(21(4)39)32(43)44-33(5,6)7/h9-12,15-17,22,34H,13-14H2,1-8H3. The molecule has 0 bridgehead atoms. The molecule has 0 atom stereocenters. The van der Waals surface area contributed by atoms with Crippen LogP contribution in [0.2, 0.25) is 0 Å². The number of imide groups is 1.